The van der Waals surface area contributed by atoms with Gasteiger partial charge in [-0.05, 0) is 5.56 Å². The lowest BCUT2D eigenvalue weighted by Crippen LogP contribution is -2.34. The minimum Gasteiger partial charge on any atom is -0.464 e. The summed E-state index contributed by atoms with van der Waals surface area (Å²) < 4.78 is 5.16. The Morgan fingerprint density at radius 1 is 1.40 bits per heavy atom. The summed E-state index contributed by atoms with van der Waals surface area (Å²) in [6.45, 7) is 4.99. The Labute approximate surface area is 117 Å². The number of esters is 1. The third-order valence-corrected chi connectivity index (χ3v) is 3.13. The van der Waals surface area contributed by atoms with Gasteiger partial charge in [0.25, 0.3) is 5.69 Å². The van der Waals surface area contributed by atoms with Crippen molar-refractivity contribution in [1.29, 1.82) is 0 Å². The number of hydrogen-bond donors (Lipinski definition) is 1. The van der Waals surface area contributed by atoms with Crippen LogP contribution in [-0.4, -0.2) is 29.2 Å². The third kappa shape index (κ3) is 3.77. The number of nitrogens with zero attached hydrogens (tertiary/aromatic N) is 1. The molecule has 0 unspecified atom stereocenters. The van der Waals surface area contributed by atoms with Gasteiger partial charge in [0.2, 0.25) is 0 Å². The van der Waals surface area contributed by atoms with Crippen LogP contribution in [0, 0.1) is 16.0 Å². The van der Waals surface area contributed by atoms with Gasteiger partial charge in [-0.3, -0.25) is 14.9 Å². The summed E-state index contributed by atoms with van der Waals surface area (Å²) in [5.41, 5.74) is -0.116. The summed E-state index contributed by atoms with van der Waals surface area (Å²) in [5, 5.41) is 20.2. The molecule has 0 bridgehead atoms. The average Bonchev–Trinajstić information content (AvgIpc) is 2.44. The van der Waals surface area contributed by atoms with Gasteiger partial charge >= 0.3 is 5.97 Å². The van der Waals surface area contributed by atoms with Gasteiger partial charge in [0.15, 0.2) is 0 Å². The Balaban J connectivity index is 2.87. The summed E-state index contributed by atoms with van der Waals surface area (Å²) in [4.78, 5) is 21.6. The summed E-state index contributed by atoms with van der Waals surface area (Å²) in [6, 6.07) is 5.87. The van der Waals surface area contributed by atoms with Gasteiger partial charge < -0.3 is 9.84 Å². The average molecular weight is 281 g/mol. The van der Waals surface area contributed by atoms with Crippen LogP contribution in [0.3, 0.4) is 0 Å². The Bertz CT molecular complexity index is 483. The summed E-state index contributed by atoms with van der Waals surface area (Å²) in [5.74, 6) is -0.582. The normalized spacial score (nSPS) is 13.8. The van der Waals surface area contributed by atoms with Crippen LogP contribution >= 0.6 is 0 Å². The van der Waals surface area contributed by atoms with Gasteiger partial charge in [0.1, 0.15) is 6.61 Å². The van der Waals surface area contributed by atoms with E-state index in [1.54, 1.807) is 32.9 Å². The topological polar surface area (TPSA) is 89.7 Å². The largest absolute Gasteiger partial charge is 0.464 e. The maximum absolute atomic E-state index is 11.5. The van der Waals surface area contributed by atoms with E-state index in [0.717, 1.165) is 0 Å². The van der Waals surface area contributed by atoms with Crippen LogP contribution in [0.4, 0.5) is 5.69 Å². The second-order valence-corrected chi connectivity index (χ2v) is 5.29. The molecule has 0 aromatic heterocycles. The van der Waals surface area contributed by atoms with Gasteiger partial charge in [-0.1, -0.05) is 32.9 Å². The zero-order valence-corrected chi connectivity index (χ0v) is 11.8. The molecule has 0 radical (unpaired) electrons. The number of nitro groups is 1. The molecule has 0 fully saturated rings. The van der Waals surface area contributed by atoms with E-state index in [-0.39, 0.29) is 30.8 Å². The summed E-state index contributed by atoms with van der Waals surface area (Å²) in [6.07, 6.45) is 0. The first-order valence-corrected chi connectivity index (χ1v) is 6.32. The number of rotatable bonds is 6. The van der Waals surface area contributed by atoms with Crippen molar-refractivity contribution in [3.8, 4) is 0 Å². The van der Waals surface area contributed by atoms with Gasteiger partial charge in [-0.25, -0.2) is 0 Å². The Kier molecular flexibility index (Phi) is 5.21. The van der Waals surface area contributed by atoms with E-state index in [9.17, 15) is 20.0 Å². The molecule has 110 valence electrons. The molecule has 20 heavy (non-hydrogen) atoms. The van der Waals surface area contributed by atoms with Crippen LogP contribution in [0.5, 0.6) is 0 Å². The van der Waals surface area contributed by atoms with Crippen molar-refractivity contribution in [3.05, 3.63) is 39.9 Å². The number of hydrogen-bond acceptors (Lipinski definition) is 5. The lowest BCUT2D eigenvalue weighted by molar-refractivity contribution is -0.384. The molecule has 1 N–H and O–H groups in total. The molecule has 6 nitrogen and oxygen atoms in total. The predicted molar refractivity (Wildman–Crippen MR) is 73.3 cm³/mol. The molecule has 1 aromatic rings. The van der Waals surface area contributed by atoms with Crippen LogP contribution in [0.15, 0.2) is 24.3 Å². The molecule has 6 heteroatoms. The minimum atomic E-state index is -0.778. The van der Waals surface area contributed by atoms with Crippen LogP contribution in [0.1, 0.15) is 26.3 Å². The lowest BCUT2D eigenvalue weighted by Gasteiger charge is -2.27. The fraction of sp³-hybridized carbons (Fsp3) is 0.500. The molecule has 0 heterocycles. The number of carbonyl (C=O) groups excluding carboxylic acids is 1. The predicted octanol–water partition coefficient (Wildman–Crippen LogP) is 2.04. The highest BCUT2D eigenvalue weighted by atomic mass is 16.6. The van der Waals surface area contributed by atoms with Crippen molar-refractivity contribution in [2.24, 2.45) is 5.92 Å². The number of carbonyl (C=O) groups is 1. The summed E-state index contributed by atoms with van der Waals surface area (Å²) >= 11 is 0. The SMILES string of the molecule is CC(C)C(=O)OC[C@](C)(CO)c1ccc([N+](=O)[O-])cc1. The highest BCUT2D eigenvalue weighted by Gasteiger charge is 2.29. The van der Waals surface area contributed by atoms with Crippen molar-refractivity contribution in [1.82, 2.24) is 0 Å². The molecule has 0 saturated heterocycles. The first kappa shape index (κ1) is 16.1. The van der Waals surface area contributed by atoms with Crippen LogP contribution < -0.4 is 0 Å². The number of non-ortho nitro benzene ring substituents is 1. The molecule has 0 amide bonds. The molecule has 1 atom stereocenters. The van der Waals surface area contributed by atoms with E-state index in [1.807, 2.05) is 0 Å². The number of aliphatic hydroxyl groups excluding tert-OH is 1. The minimum absolute atomic E-state index is 0.0202. The first-order chi connectivity index (χ1) is 9.30. The van der Waals surface area contributed by atoms with Gasteiger partial charge in [0.05, 0.1) is 17.4 Å². The maximum Gasteiger partial charge on any atom is 0.308 e. The molecule has 0 aliphatic heterocycles. The van der Waals surface area contributed by atoms with E-state index in [2.05, 4.69) is 0 Å². The van der Waals surface area contributed by atoms with Gasteiger partial charge in [0, 0.05) is 17.5 Å². The molecular formula is C14H19NO5. The molecule has 0 aliphatic carbocycles. The van der Waals surface area contributed by atoms with E-state index in [0.29, 0.717) is 5.56 Å². The van der Waals surface area contributed by atoms with E-state index >= 15 is 0 Å². The molecule has 0 spiro atoms. The maximum atomic E-state index is 11.5. The van der Waals surface area contributed by atoms with E-state index in [4.69, 9.17) is 4.74 Å². The van der Waals surface area contributed by atoms with E-state index in [1.165, 1.54) is 12.1 Å². The van der Waals surface area contributed by atoms with Crippen molar-refractivity contribution < 1.29 is 19.6 Å². The number of nitro benzene ring substituents is 1. The molecular weight excluding hydrogens is 262 g/mol. The standard InChI is InChI=1S/C14H19NO5/c1-10(2)13(17)20-9-14(3,8-16)11-4-6-12(7-5-11)15(18)19/h4-7,10,16H,8-9H2,1-3H3/t14-/m0/s1. The molecule has 0 saturated carbocycles. The first-order valence-electron chi connectivity index (χ1n) is 6.32. The number of aliphatic hydroxyl groups is 1. The second kappa shape index (κ2) is 6.47. The zero-order valence-electron chi connectivity index (χ0n) is 11.8. The van der Waals surface area contributed by atoms with Crippen LogP contribution in [-0.2, 0) is 14.9 Å². The highest BCUT2D eigenvalue weighted by Crippen LogP contribution is 2.26. The van der Waals surface area contributed by atoms with Crippen LogP contribution in [0.2, 0.25) is 0 Å². The lowest BCUT2D eigenvalue weighted by atomic mass is 9.84. The van der Waals surface area contributed by atoms with Gasteiger partial charge in [-0.15, -0.1) is 0 Å². The number of benzene rings is 1. The summed E-state index contributed by atoms with van der Waals surface area (Å²) in [7, 11) is 0. The highest BCUT2D eigenvalue weighted by molar-refractivity contribution is 5.71. The van der Waals surface area contributed by atoms with E-state index < -0.39 is 10.3 Å². The van der Waals surface area contributed by atoms with Crippen molar-refractivity contribution >= 4 is 11.7 Å². The smallest absolute Gasteiger partial charge is 0.308 e. The second-order valence-electron chi connectivity index (χ2n) is 5.29. The van der Waals surface area contributed by atoms with Crippen molar-refractivity contribution in [3.63, 3.8) is 0 Å². The van der Waals surface area contributed by atoms with Gasteiger partial charge in [-0.2, -0.15) is 0 Å². The van der Waals surface area contributed by atoms with Crippen molar-refractivity contribution in [2.45, 2.75) is 26.2 Å². The quantitative estimate of drug-likeness (QED) is 0.489. The van der Waals surface area contributed by atoms with Crippen molar-refractivity contribution in [2.75, 3.05) is 13.2 Å². The molecule has 1 aromatic carbocycles. The fourth-order valence-electron chi connectivity index (χ4n) is 1.60. The monoisotopic (exact) mass is 281 g/mol. The number of ether oxygens (including phenoxy) is 1. The van der Waals surface area contributed by atoms with Crippen LogP contribution in [0.25, 0.3) is 0 Å². The zero-order chi connectivity index (χ0) is 15.3. The Morgan fingerprint density at radius 2 is 1.95 bits per heavy atom. The Morgan fingerprint density at radius 3 is 2.35 bits per heavy atom. The molecule has 1 rings (SSSR count). The molecule has 0 aliphatic rings. The Hall–Kier alpha value is -1.95. The third-order valence-electron chi connectivity index (χ3n) is 3.13. The fourth-order valence-corrected chi connectivity index (χ4v) is 1.60.